The second kappa shape index (κ2) is 5.28. The smallest absolute Gasteiger partial charge is 0.137 e. The molecular formula is C15H17N5. The number of H-pyrrole nitrogens is 1. The fourth-order valence-corrected chi connectivity index (χ4v) is 2.28. The van der Waals surface area contributed by atoms with E-state index in [1.165, 1.54) is 5.56 Å². The normalized spacial score (nSPS) is 12.5. The van der Waals surface area contributed by atoms with Crippen LogP contribution in [0.2, 0.25) is 0 Å². The number of nitrogens with one attached hydrogen (secondary N) is 2. The molecular weight excluding hydrogens is 250 g/mol. The minimum atomic E-state index is 0.114. The van der Waals surface area contributed by atoms with Gasteiger partial charge in [0.2, 0.25) is 0 Å². The van der Waals surface area contributed by atoms with Gasteiger partial charge in [-0.1, -0.05) is 18.6 Å². The van der Waals surface area contributed by atoms with E-state index in [2.05, 4.69) is 51.2 Å². The Kier molecular flexibility index (Phi) is 3.33. The number of nitrogens with zero attached hydrogens (tertiary/aromatic N) is 3. The molecule has 0 bridgehead atoms. The Morgan fingerprint density at radius 3 is 2.90 bits per heavy atom. The maximum absolute atomic E-state index is 4.38. The molecule has 20 heavy (non-hydrogen) atoms. The maximum atomic E-state index is 4.38. The van der Waals surface area contributed by atoms with Crippen LogP contribution >= 0.6 is 0 Å². The van der Waals surface area contributed by atoms with Crippen LogP contribution in [0.4, 0.5) is 5.82 Å². The van der Waals surface area contributed by atoms with E-state index >= 15 is 0 Å². The molecule has 0 aliphatic heterocycles. The first-order valence-electron chi connectivity index (χ1n) is 6.75. The van der Waals surface area contributed by atoms with Crippen LogP contribution in [0.3, 0.4) is 0 Å². The van der Waals surface area contributed by atoms with Crippen molar-refractivity contribution in [3.05, 3.63) is 48.3 Å². The lowest BCUT2D eigenvalue weighted by atomic mass is 10.1. The Morgan fingerprint density at radius 1 is 1.25 bits per heavy atom. The van der Waals surface area contributed by atoms with Crippen LogP contribution in [-0.2, 0) is 0 Å². The lowest BCUT2D eigenvalue weighted by molar-refractivity contribution is 0.701. The van der Waals surface area contributed by atoms with Gasteiger partial charge in [0.1, 0.15) is 18.0 Å². The molecule has 0 unspecified atom stereocenters. The van der Waals surface area contributed by atoms with Gasteiger partial charge in [-0.05, 0) is 25.5 Å². The molecule has 1 aromatic carbocycles. The van der Waals surface area contributed by atoms with Gasteiger partial charge < -0.3 is 10.3 Å². The number of imidazole rings is 1. The van der Waals surface area contributed by atoms with Gasteiger partial charge in [-0.3, -0.25) is 0 Å². The third kappa shape index (κ3) is 2.34. The summed E-state index contributed by atoms with van der Waals surface area (Å²) in [5.41, 5.74) is 2.14. The summed E-state index contributed by atoms with van der Waals surface area (Å²) in [4.78, 5) is 16.2. The molecule has 0 spiro atoms. The summed E-state index contributed by atoms with van der Waals surface area (Å²) in [6.45, 7) is 4.19. The highest BCUT2D eigenvalue weighted by Gasteiger charge is 2.13. The van der Waals surface area contributed by atoms with E-state index in [-0.39, 0.29) is 6.04 Å². The average molecular weight is 267 g/mol. The van der Waals surface area contributed by atoms with E-state index in [1.807, 2.05) is 12.3 Å². The summed E-state index contributed by atoms with van der Waals surface area (Å²) in [5, 5.41) is 4.50. The Morgan fingerprint density at radius 2 is 2.15 bits per heavy atom. The standard InChI is InChI=1S/C15H17N5/c1-3-12(15-16-6-7-17-15)20-14-11-8-10(2)4-5-13(11)18-9-19-14/h4-9,12H,3H2,1-2H3,(H,16,17)(H,18,19,20)/t12-/m1/s1. The van der Waals surface area contributed by atoms with E-state index < -0.39 is 0 Å². The summed E-state index contributed by atoms with van der Waals surface area (Å²) in [5.74, 6) is 1.77. The van der Waals surface area contributed by atoms with E-state index in [0.717, 1.165) is 29.0 Å². The van der Waals surface area contributed by atoms with Crippen molar-refractivity contribution in [3.8, 4) is 0 Å². The zero-order valence-electron chi connectivity index (χ0n) is 11.6. The van der Waals surface area contributed by atoms with Gasteiger partial charge in [0.05, 0.1) is 11.6 Å². The number of benzene rings is 1. The van der Waals surface area contributed by atoms with Gasteiger partial charge in [0.15, 0.2) is 0 Å². The second-order valence-corrected chi connectivity index (χ2v) is 4.82. The number of aromatic amines is 1. The van der Waals surface area contributed by atoms with Crippen LogP contribution in [0.15, 0.2) is 36.9 Å². The molecule has 3 aromatic rings. The number of fused-ring (bicyclic) bond motifs is 1. The maximum Gasteiger partial charge on any atom is 0.137 e. The third-order valence-electron chi connectivity index (χ3n) is 3.36. The van der Waals surface area contributed by atoms with Gasteiger partial charge in [-0.2, -0.15) is 0 Å². The molecule has 102 valence electrons. The molecule has 2 N–H and O–H groups in total. The minimum Gasteiger partial charge on any atom is -0.360 e. The molecule has 1 atom stereocenters. The Hall–Kier alpha value is -2.43. The molecule has 0 radical (unpaired) electrons. The first-order valence-corrected chi connectivity index (χ1v) is 6.75. The summed E-state index contributed by atoms with van der Waals surface area (Å²) < 4.78 is 0. The van der Waals surface area contributed by atoms with E-state index in [1.54, 1.807) is 12.5 Å². The summed E-state index contributed by atoms with van der Waals surface area (Å²) in [7, 11) is 0. The fraction of sp³-hybridized carbons (Fsp3) is 0.267. The molecule has 0 saturated heterocycles. The highest BCUT2D eigenvalue weighted by Crippen LogP contribution is 2.25. The molecule has 0 saturated carbocycles. The third-order valence-corrected chi connectivity index (χ3v) is 3.36. The Balaban J connectivity index is 1.99. The van der Waals surface area contributed by atoms with Crippen LogP contribution in [0.5, 0.6) is 0 Å². The quantitative estimate of drug-likeness (QED) is 0.761. The number of rotatable bonds is 4. The zero-order chi connectivity index (χ0) is 13.9. The molecule has 0 aliphatic rings. The van der Waals surface area contributed by atoms with Gasteiger partial charge in [0, 0.05) is 17.8 Å². The van der Waals surface area contributed by atoms with Crippen molar-refractivity contribution in [2.24, 2.45) is 0 Å². The van der Waals surface area contributed by atoms with E-state index in [0.29, 0.717) is 0 Å². The van der Waals surface area contributed by atoms with Crippen molar-refractivity contribution >= 4 is 16.7 Å². The van der Waals surface area contributed by atoms with Gasteiger partial charge >= 0.3 is 0 Å². The molecule has 2 aromatic heterocycles. The van der Waals surface area contributed by atoms with Crippen LogP contribution in [0, 0.1) is 6.92 Å². The highest BCUT2D eigenvalue weighted by atomic mass is 15.1. The molecule has 0 amide bonds. The SMILES string of the molecule is CC[C@@H](Nc1ncnc2ccc(C)cc12)c1ncc[nH]1. The highest BCUT2D eigenvalue weighted by molar-refractivity contribution is 5.89. The molecule has 0 aliphatic carbocycles. The van der Waals surface area contributed by atoms with Gasteiger partial charge in [-0.25, -0.2) is 15.0 Å². The number of aryl methyl sites for hydroxylation is 1. The Labute approximate surface area is 117 Å². The lowest BCUT2D eigenvalue weighted by Gasteiger charge is -2.16. The van der Waals surface area contributed by atoms with Crippen molar-refractivity contribution in [1.82, 2.24) is 19.9 Å². The fourth-order valence-electron chi connectivity index (χ4n) is 2.28. The average Bonchev–Trinajstić information content (AvgIpc) is 2.99. The second-order valence-electron chi connectivity index (χ2n) is 4.82. The van der Waals surface area contributed by atoms with Gasteiger partial charge in [0.25, 0.3) is 0 Å². The van der Waals surface area contributed by atoms with E-state index in [9.17, 15) is 0 Å². The summed E-state index contributed by atoms with van der Waals surface area (Å²) >= 11 is 0. The van der Waals surface area contributed by atoms with Crippen molar-refractivity contribution in [1.29, 1.82) is 0 Å². The van der Waals surface area contributed by atoms with Crippen LogP contribution in [-0.4, -0.2) is 19.9 Å². The van der Waals surface area contributed by atoms with Crippen LogP contribution in [0.25, 0.3) is 10.9 Å². The predicted octanol–water partition coefficient (Wildman–Crippen LogP) is 3.22. The first kappa shape index (κ1) is 12.6. The van der Waals surface area contributed by atoms with Crippen molar-refractivity contribution < 1.29 is 0 Å². The van der Waals surface area contributed by atoms with Crippen molar-refractivity contribution in [3.63, 3.8) is 0 Å². The predicted molar refractivity (Wildman–Crippen MR) is 79.5 cm³/mol. The number of hydrogen-bond donors (Lipinski definition) is 2. The molecule has 0 fully saturated rings. The van der Waals surface area contributed by atoms with Crippen molar-refractivity contribution in [2.45, 2.75) is 26.3 Å². The topological polar surface area (TPSA) is 66.5 Å². The molecule has 5 nitrogen and oxygen atoms in total. The van der Waals surface area contributed by atoms with E-state index in [4.69, 9.17) is 0 Å². The minimum absolute atomic E-state index is 0.114. The number of hydrogen-bond acceptors (Lipinski definition) is 4. The summed E-state index contributed by atoms with van der Waals surface area (Å²) in [6, 6.07) is 6.30. The molecule has 2 heterocycles. The zero-order valence-corrected chi connectivity index (χ0v) is 11.6. The van der Waals surface area contributed by atoms with Gasteiger partial charge in [-0.15, -0.1) is 0 Å². The Bertz CT molecular complexity index is 705. The van der Waals surface area contributed by atoms with Crippen LogP contribution in [0.1, 0.15) is 30.8 Å². The van der Waals surface area contributed by atoms with Crippen molar-refractivity contribution in [2.75, 3.05) is 5.32 Å². The lowest BCUT2D eigenvalue weighted by Crippen LogP contribution is -2.12. The molecule has 5 heteroatoms. The number of aromatic nitrogens is 4. The number of anilines is 1. The first-order chi connectivity index (χ1) is 9.78. The summed E-state index contributed by atoms with van der Waals surface area (Å²) in [6.07, 6.45) is 6.11. The molecule has 3 rings (SSSR count). The largest absolute Gasteiger partial charge is 0.360 e. The monoisotopic (exact) mass is 267 g/mol. The van der Waals surface area contributed by atoms with Crippen LogP contribution < -0.4 is 5.32 Å².